The number of rotatable bonds is 7. The second-order valence-electron chi connectivity index (χ2n) is 5.40. The third-order valence-electron chi connectivity index (χ3n) is 3.50. The summed E-state index contributed by atoms with van der Waals surface area (Å²) in [6, 6.07) is 6.25. The van der Waals surface area contributed by atoms with Crippen molar-refractivity contribution in [1.29, 1.82) is 0 Å². The molecule has 1 aliphatic carbocycles. The largest absolute Gasteiger partial charge is 0.349 e. The van der Waals surface area contributed by atoms with Gasteiger partial charge in [0.2, 0.25) is 10.0 Å². The fourth-order valence-corrected chi connectivity index (χ4v) is 3.66. The second kappa shape index (κ2) is 6.77. The lowest BCUT2D eigenvalue weighted by molar-refractivity contribution is 0.0951. The molecule has 0 unspecified atom stereocenters. The highest BCUT2D eigenvalue weighted by atomic mass is 32.2. The Morgan fingerprint density at radius 2 is 2.00 bits per heavy atom. The van der Waals surface area contributed by atoms with Crippen LogP contribution in [0.3, 0.4) is 0 Å². The Labute approximate surface area is 139 Å². The van der Waals surface area contributed by atoms with Crippen molar-refractivity contribution in [1.82, 2.24) is 15.0 Å². The van der Waals surface area contributed by atoms with Gasteiger partial charge in [0.15, 0.2) is 0 Å². The number of aromatic nitrogens is 1. The minimum absolute atomic E-state index is 0.152. The average Bonchev–Trinajstić information content (AvgIpc) is 3.20. The van der Waals surface area contributed by atoms with Crippen molar-refractivity contribution in [2.24, 2.45) is 0 Å². The zero-order valence-corrected chi connectivity index (χ0v) is 14.0. The van der Waals surface area contributed by atoms with Crippen molar-refractivity contribution in [3.05, 3.63) is 46.4 Å². The number of hydrogen-bond acceptors (Lipinski definition) is 5. The smallest absolute Gasteiger partial charge is 0.251 e. The molecule has 1 heterocycles. The first-order chi connectivity index (χ1) is 11.0. The molecule has 1 saturated carbocycles. The molecule has 8 heteroatoms. The van der Waals surface area contributed by atoms with Gasteiger partial charge < -0.3 is 5.32 Å². The van der Waals surface area contributed by atoms with Crippen molar-refractivity contribution >= 4 is 27.3 Å². The van der Waals surface area contributed by atoms with E-state index in [2.05, 4.69) is 15.0 Å². The van der Waals surface area contributed by atoms with Gasteiger partial charge in [0.25, 0.3) is 5.91 Å². The molecular weight excluding hydrogens is 334 g/mol. The summed E-state index contributed by atoms with van der Waals surface area (Å²) in [5.74, 6) is -0.159. The maximum Gasteiger partial charge on any atom is 0.251 e. The molecule has 0 radical (unpaired) electrons. The van der Waals surface area contributed by atoms with Crippen molar-refractivity contribution in [3.8, 4) is 0 Å². The summed E-state index contributed by atoms with van der Waals surface area (Å²) >= 11 is 1.48. The Morgan fingerprint density at radius 1 is 1.26 bits per heavy atom. The number of sulfonamides is 1. The number of carbonyl (C=O) groups excluding carboxylic acids is 1. The summed E-state index contributed by atoms with van der Waals surface area (Å²) in [5, 5.41) is 4.76. The van der Waals surface area contributed by atoms with Crippen LogP contribution in [0.25, 0.3) is 0 Å². The third-order valence-corrected chi connectivity index (χ3v) is 5.61. The molecule has 0 spiro atoms. The molecule has 1 aromatic carbocycles. The quantitative estimate of drug-likeness (QED) is 0.792. The molecule has 23 heavy (non-hydrogen) atoms. The zero-order valence-electron chi connectivity index (χ0n) is 12.4. The first kappa shape index (κ1) is 16.1. The fraction of sp³-hybridized carbons (Fsp3) is 0.333. The number of hydrogen-bond donors (Lipinski definition) is 2. The molecule has 3 rings (SSSR count). The molecule has 2 N–H and O–H groups in total. The van der Waals surface area contributed by atoms with Gasteiger partial charge in [-0.05, 0) is 37.1 Å². The van der Waals surface area contributed by atoms with Crippen LogP contribution in [-0.2, 0) is 16.4 Å². The van der Waals surface area contributed by atoms with Crippen LogP contribution in [0, 0.1) is 0 Å². The molecule has 1 aromatic heterocycles. The summed E-state index contributed by atoms with van der Waals surface area (Å²) in [5.41, 5.74) is 3.05. The lowest BCUT2D eigenvalue weighted by Crippen LogP contribution is -2.27. The van der Waals surface area contributed by atoms with Crippen LogP contribution >= 0.6 is 11.3 Å². The Balaban J connectivity index is 1.59. The summed E-state index contributed by atoms with van der Waals surface area (Å²) in [4.78, 5) is 16.1. The number of benzene rings is 1. The van der Waals surface area contributed by atoms with E-state index in [-0.39, 0.29) is 23.4 Å². The number of nitrogens with one attached hydrogen (secondary N) is 2. The topological polar surface area (TPSA) is 88.2 Å². The van der Waals surface area contributed by atoms with Gasteiger partial charge in [-0.1, -0.05) is 0 Å². The van der Waals surface area contributed by atoms with Crippen LogP contribution in [0.2, 0.25) is 0 Å². The van der Waals surface area contributed by atoms with Gasteiger partial charge >= 0.3 is 0 Å². The Bertz CT molecular complexity index is 767. The number of thiazole rings is 1. The highest BCUT2D eigenvalue weighted by Gasteiger charge is 2.24. The minimum Gasteiger partial charge on any atom is -0.349 e. The highest BCUT2D eigenvalue weighted by Crippen LogP contribution is 2.19. The monoisotopic (exact) mass is 351 g/mol. The molecular formula is C15H17N3O3S2. The number of nitrogens with zero attached hydrogens (tertiary/aromatic N) is 1. The van der Waals surface area contributed by atoms with E-state index in [0.717, 1.165) is 18.5 Å². The summed E-state index contributed by atoms with van der Waals surface area (Å²) in [6.07, 6.45) is 2.58. The molecule has 0 saturated heterocycles. The van der Waals surface area contributed by atoms with Crippen LogP contribution in [0.4, 0.5) is 0 Å². The van der Waals surface area contributed by atoms with E-state index < -0.39 is 10.0 Å². The first-order valence-electron chi connectivity index (χ1n) is 7.32. The van der Waals surface area contributed by atoms with E-state index in [1.165, 1.54) is 35.6 Å². The van der Waals surface area contributed by atoms with Crippen molar-refractivity contribution in [2.75, 3.05) is 6.54 Å². The lowest BCUT2D eigenvalue weighted by Gasteiger charge is -2.07. The fourth-order valence-electron chi connectivity index (χ4n) is 2.04. The van der Waals surface area contributed by atoms with E-state index in [0.29, 0.717) is 12.0 Å². The van der Waals surface area contributed by atoms with Gasteiger partial charge in [-0.3, -0.25) is 4.79 Å². The van der Waals surface area contributed by atoms with Gasteiger partial charge in [0.1, 0.15) is 0 Å². The van der Waals surface area contributed by atoms with E-state index >= 15 is 0 Å². The number of carbonyl (C=O) groups is 1. The van der Waals surface area contributed by atoms with Gasteiger partial charge in [0.05, 0.1) is 16.1 Å². The maximum absolute atomic E-state index is 12.2. The number of amides is 1. The van der Waals surface area contributed by atoms with E-state index in [9.17, 15) is 13.2 Å². The predicted octanol–water partition coefficient (Wildman–Crippen LogP) is 1.56. The maximum atomic E-state index is 12.2. The van der Waals surface area contributed by atoms with Gasteiger partial charge in [0, 0.05) is 30.0 Å². The molecule has 0 aliphatic heterocycles. The lowest BCUT2D eigenvalue weighted by atomic mass is 10.2. The molecule has 0 atom stereocenters. The van der Waals surface area contributed by atoms with E-state index in [4.69, 9.17) is 0 Å². The van der Waals surface area contributed by atoms with Crippen molar-refractivity contribution in [3.63, 3.8) is 0 Å². The SMILES string of the molecule is O=C(NC1CC1)c1ccc(S(=O)(=O)NCCc2cscn2)cc1. The Morgan fingerprint density at radius 3 is 2.61 bits per heavy atom. The molecule has 2 aromatic rings. The third kappa shape index (κ3) is 4.37. The molecule has 1 fully saturated rings. The van der Waals surface area contributed by atoms with E-state index in [1.54, 1.807) is 5.51 Å². The zero-order chi connectivity index (χ0) is 16.3. The van der Waals surface area contributed by atoms with Crippen LogP contribution in [-0.4, -0.2) is 31.9 Å². The normalized spacial score (nSPS) is 14.6. The molecule has 122 valence electrons. The highest BCUT2D eigenvalue weighted by molar-refractivity contribution is 7.89. The Kier molecular flexibility index (Phi) is 4.74. The standard InChI is InChI=1S/C15H17N3O3S2/c19-15(18-12-3-4-12)11-1-5-14(6-2-11)23(20,21)17-8-7-13-9-22-10-16-13/h1-2,5-6,9-10,12,17H,3-4,7-8H2,(H,18,19). The van der Waals surface area contributed by atoms with Crippen LogP contribution in [0.5, 0.6) is 0 Å². The molecule has 0 bridgehead atoms. The minimum atomic E-state index is -3.57. The molecule has 1 aliphatic rings. The summed E-state index contributed by atoms with van der Waals surface area (Å²) in [6.45, 7) is 0.288. The predicted molar refractivity (Wildman–Crippen MR) is 87.9 cm³/mol. The summed E-state index contributed by atoms with van der Waals surface area (Å²) in [7, 11) is -3.57. The van der Waals surface area contributed by atoms with Crippen LogP contribution in [0.1, 0.15) is 28.9 Å². The average molecular weight is 351 g/mol. The molecule has 6 nitrogen and oxygen atoms in total. The van der Waals surface area contributed by atoms with Crippen LogP contribution < -0.4 is 10.0 Å². The van der Waals surface area contributed by atoms with E-state index in [1.807, 2.05) is 5.38 Å². The summed E-state index contributed by atoms with van der Waals surface area (Å²) < 4.78 is 26.9. The molecule has 1 amide bonds. The van der Waals surface area contributed by atoms with Crippen LogP contribution in [0.15, 0.2) is 40.1 Å². The van der Waals surface area contributed by atoms with Gasteiger partial charge in [-0.2, -0.15) is 0 Å². The van der Waals surface area contributed by atoms with Gasteiger partial charge in [-0.15, -0.1) is 11.3 Å². The van der Waals surface area contributed by atoms with Gasteiger partial charge in [-0.25, -0.2) is 18.1 Å². The first-order valence-corrected chi connectivity index (χ1v) is 9.75. The van der Waals surface area contributed by atoms with Crippen molar-refractivity contribution in [2.45, 2.75) is 30.2 Å². The van der Waals surface area contributed by atoms with Crippen molar-refractivity contribution < 1.29 is 13.2 Å². The second-order valence-corrected chi connectivity index (χ2v) is 7.89. The Hall–Kier alpha value is -1.77.